The number of anilines is 1. The van der Waals surface area contributed by atoms with Crippen LogP contribution in [0.2, 0.25) is 5.02 Å². The first-order valence-corrected chi connectivity index (χ1v) is 8.17. The molecule has 1 unspecified atom stereocenters. The van der Waals surface area contributed by atoms with Crippen LogP contribution in [0.4, 0.5) is 5.13 Å². The van der Waals surface area contributed by atoms with Gasteiger partial charge in [0.2, 0.25) is 5.13 Å². The van der Waals surface area contributed by atoms with Gasteiger partial charge in [-0.3, -0.25) is 0 Å². The fourth-order valence-electron chi connectivity index (χ4n) is 1.60. The van der Waals surface area contributed by atoms with Crippen LogP contribution >= 0.6 is 34.7 Å². The predicted molar refractivity (Wildman–Crippen MR) is 87.3 cm³/mol. The number of nitrogens with zero attached hydrogens (tertiary/aromatic N) is 3. The van der Waals surface area contributed by atoms with E-state index in [1.807, 2.05) is 32.1 Å². The van der Waals surface area contributed by atoms with Gasteiger partial charge < -0.3 is 10.2 Å². The lowest BCUT2D eigenvalue weighted by Crippen LogP contribution is -2.12. The van der Waals surface area contributed by atoms with Crippen molar-refractivity contribution in [2.45, 2.75) is 22.2 Å². The number of hydrogen-bond donors (Lipinski definition) is 1. The Morgan fingerprint density at radius 2 is 2.10 bits per heavy atom. The first-order valence-electron chi connectivity index (χ1n) is 6.16. The molecule has 0 radical (unpaired) electrons. The number of rotatable bonds is 5. The quantitative estimate of drug-likeness (QED) is 0.906. The highest BCUT2D eigenvalue weighted by Crippen LogP contribution is 2.35. The zero-order valence-corrected chi connectivity index (χ0v) is 14.2. The molecule has 0 amide bonds. The third-order valence-electron chi connectivity index (χ3n) is 2.85. The second-order valence-electron chi connectivity index (χ2n) is 4.54. The van der Waals surface area contributed by atoms with E-state index in [0.29, 0.717) is 0 Å². The fourth-order valence-corrected chi connectivity index (χ4v) is 3.79. The van der Waals surface area contributed by atoms with E-state index in [9.17, 15) is 0 Å². The molecular weight excluding hydrogens is 312 g/mol. The van der Waals surface area contributed by atoms with Crippen molar-refractivity contribution >= 4 is 39.8 Å². The maximum Gasteiger partial charge on any atom is 0.208 e. The minimum absolute atomic E-state index is 0.239. The van der Waals surface area contributed by atoms with Gasteiger partial charge in [0.1, 0.15) is 0 Å². The Hall–Kier alpha value is -0.820. The number of halogens is 1. The van der Waals surface area contributed by atoms with Crippen molar-refractivity contribution in [1.82, 2.24) is 15.5 Å². The molecule has 0 aliphatic heterocycles. The lowest BCUT2D eigenvalue weighted by molar-refractivity contribution is 0.652. The van der Waals surface area contributed by atoms with Gasteiger partial charge in [-0.05, 0) is 31.7 Å². The third-order valence-corrected chi connectivity index (χ3v) is 5.31. The number of benzene rings is 1. The summed E-state index contributed by atoms with van der Waals surface area (Å²) < 4.78 is 0.916. The average molecular weight is 329 g/mol. The Balaban J connectivity index is 2.15. The van der Waals surface area contributed by atoms with Crippen molar-refractivity contribution in [2.24, 2.45) is 0 Å². The van der Waals surface area contributed by atoms with E-state index in [1.54, 1.807) is 23.1 Å². The van der Waals surface area contributed by atoms with Crippen molar-refractivity contribution in [2.75, 3.05) is 26.0 Å². The van der Waals surface area contributed by atoms with E-state index in [1.165, 1.54) is 0 Å². The van der Waals surface area contributed by atoms with Crippen LogP contribution in [0.3, 0.4) is 0 Å². The Morgan fingerprint density at radius 3 is 2.65 bits per heavy atom. The number of nitrogens with one attached hydrogen (secondary N) is 1. The molecule has 2 rings (SSSR count). The SMILES string of the molecule is CNC(C)c1ccc(Sc2nnc(N(C)C)s2)cc1Cl. The summed E-state index contributed by atoms with van der Waals surface area (Å²) in [6, 6.07) is 6.34. The van der Waals surface area contributed by atoms with E-state index in [-0.39, 0.29) is 6.04 Å². The Morgan fingerprint density at radius 1 is 1.35 bits per heavy atom. The van der Waals surface area contributed by atoms with Crippen molar-refractivity contribution in [1.29, 1.82) is 0 Å². The van der Waals surface area contributed by atoms with Crippen molar-refractivity contribution in [3.8, 4) is 0 Å². The van der Waals surface area contributed by atoms with Crippen LogP contribution in [0.1, 0.15) is 18.5 Å². The summed E-state index contributed by atoms with van der Waals surface area (Å²) in [5, 5.41) is 13.2. The Bertz CT molecular complexity index is 586. The molecular formula is C13H17ClN4S2. The molecule has 0 bridgehead atoms. The summed E-state index contributed by atoms with van der Waals surface area (Å²) in [6.07, 6.45) is 0. The molecule has 4 nitrogen and oxygen atoms in total. The third kappa shape index (κ3) is 3.63. The lowest BCUT2D eigenvalue weighted by Gasteiger charge is -2.13. The molecule has 0 saturated carbocycles. The molecule has 20 heavy (non-hydrogen) atoms. The standard InChI is InChI=1S/C13H17ClN4S2/c1-8(15-2)10-6-5-9(7-11(10)14)19-13-17-16-12(20-13)18(3)4/h5-8,15H,1-4H3. The highest BCUT2D eigenvalue weighted by molar-refractivity contribution is 8.01. The van der Waals surface area contributed by atoms with Gasteiger partial charge in [0, 0.05) is 30.1 Å². The van der Waals surface area contributed by atoms with Crippen LogP contribution in [-0.2, 0) is 0 Å². The van der Waals surface area contributed by atoms with Crippen LogP contribution in [0.25, 0.3) is 0 Å². The molecule has 2 aromatic rings. The van der Waals surface area contributed by atoms with Crippen molar-refractivity contribution in [3.05, 3.63) is 28.8 Å². The first-order chi connectivity index (χ1) is 9.51. The summed E-state index contributed by atoms with van der Waals surface area (Å²) in [6.45, 7) is 2.09. The normalized spacial score (nSPS) is 12.4. The molecule has 1 N–H and O–H groups in total. The summed E-state index contributed by atoms with van der Waals surface area (Å²) in [4.78, 5) is 3.02. The predicted octanol–water partition coefficient (Wildman–Crippen LogP) is 3.69. The molecule has 108 valence electrons. The molecule has 7 heteroatoms. The monoisotopic (exact) mass is 328 g/mol. The van der Waals surface area contributed by atoms with E-state index in [2.05, 4.69) is 34.6 Å². The second kappa shape index (κ2) is 6.76. The average Bonchev–Trinajstić information content (AvgIpc) is 2.87. The van der Waals surface area contributed by atoms with Crippen molar-refractivity contribution < 1.29 is 0 Å². The minimum Gasteiger partial charge on any atom is -0.353 e. The van der Waals surface area contributed by atoms with E-state index < -0.39 is 0 Å². The minimum atomic E-state index is 0.239. The van der Waals surface area contributed by atoms with Gasteiger partial charge >= 0.3 is 0 Å². The number of aromatic nitrogens is 2. The summed E-state index contributed by atoms with van der Waals surface area (Å²) in [5.74, 6) is 0. The Kier molecular flexibility index (Phi) is 5.26. The summed E-state index contributed by atoms with van der Waals surface area (Å²) in [5.41, 5.74) is 1.10. The molecule has 1 heterocycles. The van der Waals surface area contributed by atoms with Crippen LogP contribution < -0.4 is 10.2 Å². The topological polar surface area (TPSA) is 41.1 Å². The zero-order chi connectivity index (χ0) is 14.7. The van der Waals surface area contributed by atoms with Gasteiger partial charge in [0.05, 0.1) is 0 Å². The molecule has 0 aliphatic rings. The van der Waals surface area contributed by atoms with Gasteiger partial charge in [0.15, 0.2) is 4.34 Å². The van der Waals surface area contributed by atoms with Gasteiger partial charge in [0.25, 0.3) is 0 Å². The molecule has 0 saturated heterocycles. The van der Waals surface area contributed by atoms with Crippen LogP contribution in [-0.4, -0.2) is 31.3 Å². The fraction of sp³-hybridized carbons (Fsp3) is 0.385. The van der Waals surface area contributed by atoms with E-state index in [0.717, 1.165) is 25.0 Å². The maximum absolute atomic E-state index is 6.33. The zero-order valence-electron chi connectivity index (χ0n) is 11.8. The molecule has 1 aromatic carbocycles. The molecule has 0 spiro atoms. The first kappa shape index (κ1) is 15.6. The van der Waals surface area contributed by atoms with Crippen LogP contribution in [0.15, 0.2) is 27.4 Å². The van der Waals surface area contributed by atoms with Crippen LogP contribution in [0, 0.1) is 0 Å². The molecule has 0 fully saturated rings. The molecule has 1 aromatic heterocycles. The molecule has 0 aliphatic carbocycles. The highest BCUT2D eigenvalue weighted by Gasteiger charge is 2.11. The van der Waals surface area contributed by atoms with E-state index in [4.69, 9.17) is 11.6 Å². The lowest BCUT2D eigenvalue weighted by atomic mass is 10.1. The van der Waals surface area contributed by atoms with Gasteiger partial charge in [-0.25, -0.2) is 0 Å². The highest BCUT2D eigenvalue weighted by atomic mass is 35.5. The van der Waals surface area contributed by atoms with E-state index >= 15 is 0 Å². The Labute approximate surface area is 132 Å². The van der Waals surface area contributed by atoms with Gasteiger partial charge in [-0.1, -0.05) is 40.8 Å². The van der Waals surface area contributed by atoms with Gasteiger partial charge in [-0.15, -0.1) is 10.2 Å². The smallest absolute Gasteiger partial charge is 0.208 e. The van der Waals surface area contributed by atoms with Gasteiger partial charge in [-0.2, -0.15) is 0 Å². The second-order valence-corrected chi connectivity index (χ2v) is 7.22. The molecule has 1 atom stereocenters. The number of hydrogen-bond acceptors (Lipinski definition) is 6. The summed E-state index contributed by atoms with van der Waals surface area (Å²) in [7, 11) is 5.84. The van der Waals surface area contributed by atoms with Crippen molar-refractivity contribution in [3.63, 3.8) is 0 Å². The van der Waals surface area contributed by atoms with Crippen LogP contribution in [0.5, 0.6) is 0 Å². The maximum atomic E-state index is 6.33. The largest absolute Gasteiger partial charge is 0.353 e. The summed E-state index contributed by atoms with van der Waals surface area (Å²) >= 11 is 9.48.